The van der Waals surface area contributed by atoms with E-state index in [0.29, 0.717) is 31.4 Å². The van der Waals surface area contributed by atoms with Gasteiger partial charge in [0.2, 0.25) is 0 Å². The maximum atomic E-state index is 10.9. The Morgan fingerprint density at radius 1 is 1.30 bits per heavy atom. The van der Waals surface area contributed by atoms with Gasteiger partial charge in [-0.15, -0.1) is 0 Å². The van der Waals surface area contributed by atoms with Gasteiger partial charge in [0.1, 0.15) is 35.7 Å². The molecule has 33 heavy (non-hydrogen) atoms. The average molecular weight is 450 g/mol. The SMILES string of the molecule is Nc1ncnc2c1c(-c1cccc(OCC34CCC(CC3)O4)c1)cn2C1CC(NC(=O)O)C1. The van der Waals surface area contributed by atoms with E-state index in [-0.39, 0.29) is 17.7 Å². The van der Waals surface area contributed by atoms with Crippen LogP contribution in [-0.2, 0) is 4.74 Å². The lowest BCUT2D eigenvalue weighted by Crippen LogP contribution is -2.44. The van der Waals surface area contributed by atoms with E-state index in [1.54, 1.807) is 0 Å². The minimum Gasteiger partial charge on any atom is -0.491 e. The van der Waals surface area contributed by atoms with Crippen molar-refractivity contribution in [2.45, 2.75) is 62.3 Å². The summed E-state index contributed by atoms with van der Waals surface area (Å²) in [6, 6.07) is 8.12. The van der Waals surface area contributed by atoms with Gasteiger partial charge in [0, 0.05) is 23.8 Å². The van der Waals surface area contributed by atoms with Gasteiger partial charge in [-0.3, -0.25) is 0 Å². The number of aromatic nitrogens is 3. The topological polar surface area (TPSA) is 125 Å². The normalized spacial score (nSPS) is 28.1. The van der Waals surface area contributed by atoms with Crippen molar-refractivity contribution in [3.05, 3.63) is 36.8 Å². The Bertz CT molecular complexity index is 1210. The molecule has 9 heteroatoms. The van der Waals surface area contributed by atoms with E-state index in [0.717, 1.165) is 53.6 Å². The predicted octanol–water partition coefficient (Wildman–Crippen LogP) is 3.74. The zero-order valence-electron chi connectivity index (χ0n) is 18.2. The van der Waals surface area contributed by atoms with Crippen molar-refractivity contribution in [1.82, 2.24) is 19.9 Å². The van der Waals surface area contributed by atoms with Crippen LogP contribution in [0.25, 0.3) is 22.2 Å². The maximum Gasteiger partial charge on any atom is 0.404 e. The third-order valence-corrected chi connectivity index (χ3v) is 7.38. The molecule has 172 valence electrons. The average Bonchev–Trinajstić information content (AvgIpc) is 3.49. The number of amides is 1. The molecule has 3 aromatic rings. The second-order valence-corrected chi connectivity index (χ2v) is 9.50. The highest BCUT2D eigenvalue weighted by molar-refractivity contribution is 6.00. The summed E-state index contributed by atoms with van der Waals surface area (Å²) < 4.78 is 14.4. The Labute approximate surface area is 190 Å². The Hall–Kier alpha value is -3.33. The van der Waals surface area contributed by atoms with Crippen LogP contribution in [0.2, 0.25) is 0 Å². The molecule has 0 spiro atoms. The molecule has 2 bridgehead atoms. The molecule has 1 saturated carbocycles. The molecule has 0 radical (unpaired) electrons. The fraction of sp³-hybridized carbons (Fsp3) is 0.458. The fourth-order valence-electron chi connectivity index (χ4n) is 5.57. The van der Waals surface area contributed by atoms with Crippen molar-refractivity contribution in [2.75, 3.05) is 12.3 Å². The van der Waals surface area contributed by atoms with Crippen molar-refractivity contribution in [3.63, 3.8) is 0 Å². The molecule has 3 aliphatic rings. The van der Waals surface area contributed by atoms with Crippen molar-refractivity contribution in [1.29, 1.82) is 0 Å². The lowest BCUT2D eigenvalue weighted by molar-refractivity contribution is -0.0198. The predicted molar refractivity (Wildman–Crippen MR) is 122 cm³/mol. The van der Waals surface area contributed by atoms with E-state index in [1.165, 1.54) is 6.33 Å². The number of hydrogen-bond donors (Lipinski definition) is 3. The smallest absolute Gasteiger partial charge is 0.404 e. The molecule has 0 unspecified atom stereocenters. The van der Waals surface area contributed by atoms with Gasteiger partial charge in [0.05, 0.1) is 11.5 Å². The summed E-state index contributed by atoms with van der Waals surface area (Å²) in [6.07, 6.45) is 8.77. The fourth-order valence-corrected chi connectivity index (χ4v) is 5.57. The van der Waals surface area contributed by atoms with E-state index in [2.05, 4.69) is 26.0 Å². The zero-order chi connectivity index (χ0) is 22.6. The molecule has 2 aromatic heterocycles. The number of anilines is 1. The number of benzene rings is 1. The van der Waals surface area contributed by atoms with Crippen LogP contribution in [0.5, 0.6) is 5.75 Å². The summed E-state index contributed by atoms with van der Waals surface area (Å²) >= 11 is 0. The van der Waals surface area contributed by atoms with Crippen LogP contribution < -0.4 is 15.8 Å². The first kappa shape index (κ1) is 20.3. The summed E-state index contributed by atoms with van der Waals surface area (Å²) in [4.78, 5) is 19.6. The second kappa shape index (κ2) is 7.62. The van der Waals surface area contributed by atoms with Crippen molar-refractivity contribution >= 4 is 22.9 Å². The first-order chi connectivity index (χ1) is 16.0. The minimum absolute atomic E-state index is 0.0447. The minimum atomic E-state index is -0.990. The third-order valence-electron chi connectivity index (χ3n) is 7.38. The molecule has 3 fully saturated rings. The number of fused-ring (bicyclic) bond motifs is 3. The molecule has 4 N–H and O–H groups in total. The lowest BCUT2D eigenvalue weighted by Gasteiger charge is -2.36. The van der Waals surface area contributed by atoms with Crippen molar-refractivity contribution in [3.8, 4) is 16.9 Å². The number of nitrogens with one attached hydrogen (secondary N) is 1. The number of nitrogen functional groups attached to an aromatic ring is 1. The zero-order valence-corrected chi connectivity index (χ0v) is 18.2. The van der Waals surface area contributed by atoms with E-state index in [4.69, 9.17) is 20.3 Å². The number of rotatable bonds is 6. The highest BCUT2D eigenvalue weighted by atomic mass is 16.6. The Morgan fingerprint density at radius 2 is 2.12 bits per heavy atom. The standard InChI is InChI=1S/C24H27N5O4/c25-21-20-19(11-29(22(20)27-13-26-21)16-9-15(10-16)28-23(30)31)14-2-1-3-18(8-14)32-12-24-6-4-17(33-24)5-7-24/h1-3,8,11,13,15-17,28H,4-7,9-10,12H2,(H,30,31)(H2,25,26,27). The quantitative estimate of drug-likeness (QED) is 0.523. The Morgan fingerprint density at radius 3 is 2.85 bits per heavy atom. The molecule has 1 amide bonds. The number of hydrogen-bond acceptors (Lipinski definition) is 6. The van der Waals surface area contributed by atoms with Crippen molar-refractivity contribution in [2.24, 2.45) is 0 Å². The molecular formula is C24H27N5O4. The van der Waals surface area contributed by atoms with Crippen LogP contribution in [0.15, 0.2) is 36.8 Å². The van der Waals surface area contributed by atoms with Crippen LogP contribution in [0.3, 0.4) is 0 Å². The van der Waals surface area contributed by atoms with Crippen LogP contribution >= 0.6 is 0 Å². The van der Waals surface area contributed by atoms with Gasteiger partial charge in [-0.2, -0.15) is 0 Å². The number of carboxylic acid groups (broad SMARTS) is 1. The van der Waals surface area contributed by atoms with Gasteiger partial charge in [0.25, 0.3) is 0 Å². The van der Waals surface area contributed by atoms with Crippen LogP contribution in [-0.4, -0.2) is 50.1 Å². The number of nitrogens with zero attached hydrogens (tertiary/aromatic N) is 3. The molecule has 2 saturated heterocycles. The van der Waals surface area contributed by atoms with Gasteiger partial charge in [-0.1, -0.05) is 12.1 Å². The molecule has 1 aliphatic carbocycles. The van der Waals surface area contributed by atoms with Gasteiger partial charge in [-0.25, -0.2) is 14.8 Å². The molecule has 9 nitrogen and oxygen atoms in total. The molecule has 2 aliphatic heterocycles. The van der Waals surface area contributed by atoms with Crippen LogP contribution in [0.1, 0.15) is 44.6 Å². The third kappa shape index (κ3) is 3.56. The summed E-state index contributed by atoms with van der Waals surface area (Å²) in [5.41, 5.74) is 8.84. The first-order valence-electron chi connectivity index (χ1n) is 11.5. The largest absolute Gasteiger partial charge is 0.491 e. The van der Waals surface area contributed by atoms with Gasteiger partial charge >= 0.3 is 6.09 Å². The molecular weight excluding hydrogens is 422 g/mol. The first-order valence-corrected chi connectivity index (χ1v) is 11.5. The van der Waals surface area contributed by atoms with Crippen LogP contribution in [0.4, 0.5) is 10.6 Å². The highest BCUT2D eigenvalue weighted by Gasteiger charge is 2.46. The number of nitrogens with two attached hydrogens (primary N) is 1. The Kier molecular flexibility index (Phi) is 4.69. The van der Waals surface area contributed by atoms with Gasteiger partial charge < -0.3 is 30.2 Å². The monoisotopic (exact) mass is 449 g/mol. The summed E-state index contributed by atoms with van der Waals surface area (Å²) in [6.45, 7) is 0.569. The number of carbonyl (C=O) groups is 1. The van der Waals surface area contributed by atoms with Gasteiger partial charge in [-0.05, 0) is 56.2 Å². The van der Waals surface area contributed by atoms with Gasteiger partial charge in [0.15, 0.2) is 0 Å². The van der Waals surface area contributed by atoms with Crippen LogP contribution in [0, 0.1) is 0 Å². The summed E-state index contributed by atoms with van der Waals surface area (Å²) in [5.74, 6) is 1.22. The highest BCUT2D eigenvalue weighted by Crippen LogP contribution is 2.44. The van der Waals surface area contributed by atoms with E-state index in [9.17, 15) is 4.79 Å². The van der Waals surface area contributed by atoms with Crippen molar-refractivity contribution < 1.29 is 19.4 Å². The van der Waals surface area contributed by atoms with E-state index < -0.39 is 6.09 Å². The maximum absolute atomic E-state index is 10.9. The van der Waals surface area contributed by atoms with E-state index in [1.807, 2.05) is 24.3 Å². The molecule has 1 aromatic carbocycles. The van der Waals surface area contributed by atoms with E-state index >= 15 is 0 Å². The second-order valence-electron chi connectivity index (χ2n) is 9.50. The lowest BCUT2D eigenvalue weighted by atomic mass is 9.86. The molecule has 0 atom stereocenters. The summed E-state index contributed by atoms with van der Waals surface area (Å²) in [7, 11) is 0. The molecule has 4 heterocycles. The number of ether oxygens (including phenoxy) is 2. The Balaban J connectivity index is 1.28. The summed E-state index contributed by atoms with van der Waals surface area (Å²) in [5, 5.41) is 12.3. The molecule has 6 rings (SSSR count).